The van der Waals surface area contributed by atoms with Crippen LogP contribution in [0.25, 0.3) is 6.08 Å². The fourth-order valence-electron chi connectivity index (χ4n) is 3.88. The largest absolute Gasteiger partial charge is 1.00 e. The summed E-state index contributed by atoms with van der Waals surface area (Å²) in [6, 6.07) is 15.1. The first-order valence-electron chi connectivity index (χ1n) is 11.2. The molecule has 0 spiro atoms. The number of anilines is 2. The van der Waals surface area contributed by atoms with Gasteiger partial charge in [0.05, 0.1) is 26.8 Å². The molecule has 11 heteroatoms. The number of amides is 1. The van der Waals surface area contributed by atoms with Gasteiger partial charge in [0, 0.05) is 19.8 Å². The van der Waals surface area contributed by atoms with Crippen molar-refractivity contribution in [3.05, 3.63) is 82.9 Å². The smallest absolute Gasteiger partial charge is 0.507 e. The van der Waals surface area contributed by atoms with Gasteiger partial charge in [0.15, 0.2) is 0 Å². The first kappa shape index (κ1) is 29.1. The number of hydrazone groups is 1. The topological polar surface area (TPSA) is 128 Å². The van der Waals surface area contributed by atoms with Crippen molar-refractivity contribution in [1.29, 1.82) is 0 Å². The maximum atomic E-state index is 13.6. The third kappa shape index (κ3) is 5.53. The van der Waals surface area contributed by atoms with E-state index in [1.807, 2.05) is 43.3 Å². The van der Waals surface area contributed by atoms with Crippen LogP contribution < -0.4 is 39.5 Å². The minimum absolute atomic E-state index is 0. The number of hydrogen-bond acceptors (Lipinski definition) is 7. The molecule has 0 bridgehead atoms. The number of carbonyl (C=O) groups is 2. The molecule has 0 radical (unpaired) electrons. The van der Waals surface area contributed by atoms with E-state index in [4.69, 9.17) is 0 Å². The van der Waals surface area contributed by atoms with Crippen molar-refractivity contribution < 1.29 is 57.8 Å². The van der Waals surface area contributed by atoms with Crippen LogP contribution in [0.2, 0.25) is 0 Å². The third-order valence-electron chi connectivity index (χ3n) is 5.92. The van der Waals surface area contributed by atoms with Crippen LogP contribution in [-0.2, 0) is 14.6 Å². The van der Waals surface area contributed by atoms with E-state index in [9.17, 15) is 28.2 Å². The summed E-state index contributed by atoms with van der Waals surface area (Å²) in [6.45, 7) is 3.42. The molecule has 1 aliphatic heterocycles. The van der Waals surface area contributed by atoms with Crippen LogP contribution in [0, 0.1) is 6.92 Å². The SMILES string of the molecule is CC1=NN(c2cc(C)ccc2S(=O)(=O)c2ccc(O)c(C(=O)O)c2)C(=O)/C1=C\c1ccc(N(C)C)cc1.[Na+]. The average Bonchev–Trinajstić information content (AvgIpc) is 3.12. The fourth-order valence-corrected chi connectivity index (χ4v) is 5.33. The molecule has 9 nitrogen and oxygen atoms in total. The number of benzene rings is 3. The molecule has 0 saturated heterocycles. The Balaban J connectivity index is 0.00000400. The molecule has 1 aliphatic rings. The summed E-state index contributed by atoms with van der Waals surface area (Å²) < 4.78 is 27.2. The molecule has 38 heavy (non-hydrogen) atoms. The van der Waals surface area contributed by atoms with Crippen LogP contribution in [0.4, 0.5) is 11.4 Å². The quantitative estimate of drug-likeness (QED) is 0.353. The summed E-state index contributed by atoms with van der Waals surface area (Å²) in [5.74, 6) is -2.52. The first-order valence-corrected chi connectivity index (χ1v) is 12.7. The molecule has 0 atom stereocenters. The van der Waals surface area contributed by atoms with Gasteiger partial charge in [0.2, 0.25) is 9.84 Å². The summed E-state index contributed by atoms with van der Waals surface area (Å²) in [7, 11) is -0.434. The molecule has 0 saturated carbocycles. The number of aryl methyl sites for hydroxylation is 1. The number of aromatic hydroxyl groups is 1. The number of aromatic carboxylic acids is 1. The van der Waals surface area contributed by atoms with E-state index in [1.54, 1.807) is 26.0 Å². The van der Waals surface area contributed by atoms with E-state index in [0.29, 0.717) is 16.8 Å². The number of carbonyl (C=O) groups excluding carboxylic acids is 1. The zero-order valence-corrected chi connectivity index (χ0v) is 24.4. The summed E-state index contributed by atoms with van der Waals surface area (Å²) in [6.07, 6.45) is 1.70. The molecule has 4 rings (SSSR count). The van der Waals surface area contributed by atoms with Gasteiger partial charge < -0.3 is 15.1 Å². The van der Waals surface area contributed by atoms with E-state index in [1.165, 1.54) is 12.1 Å². The van der Waals surface area contributed by atoms with Gasteiger partial charge in [-0.25, -0.2) is 13.2 Å². The van der Waals surface area contributed by atoms with E-state index >= 15 is 0 Å². The number of nitrogens with zero attached hydrogens (tertiary/aromatic N) is 3. The van der Waals surface area contributed by atoms with Crippen LogP contribution in [0.3, 0.4) is 0 Å². The molecule has 3 aromatic carbocycles. The standard InChI is InChI=1S/C27H25N3O6S.Na/c1-16-5-12-25(37(35,36)20-10-11-24(31)22(15-20)27(33)34)23(13-16)30-26(32)21(17(2)28-30)14-18-6-8-19(9-7-18)29(3)4;/h5-15,31H,1-4H3,(H,33,34);/q;+1/b21-14-;. The number of carboxylic acid groups (broad SMARTS) is 1. The van der Waals surface area contributed by atoms with Crippen LogP contribution in [0.1, 0.15) is 28.4 Å². The van der Waals surface area contributed by atoms with Crippen molar-refractivity contribution in [2.75, 3.05) is 24.0 Å². The number of phenols is 1. The number of sulfone groups is 1. The zero-order valence-electron chi connectivity index (χ0n) is 21.6. The predicted molar refractivity (Wildman–Crippen MR) is 141 cm³/mol. The average molecular weight is 543 g/mol. The summed E-state index contributed by atoms with van der Waals surface area (Å²) in [5, 5.41) is 24.5. The summed E-state index contributed by atoms with van der Waals surface area (Å²) >= 11 is 0. The second-order valence-electron chi connectivity index (χ2n) is 8.81. The van der Waals surface area contributed by atoms with Crippen LogP contribution in [0.15, 0.2) is 81.1 Å². The van der Waals surface area contributed by atoms with Crippen LogP contribution in [0.5, 0.6) is 5.75 Å². The van der Waals surface area contributed by atoms with Crippen molar-refractivity contribution in [2.24, 2.45) is 5.10 Å². The Bertz CT molecular complexity index is 1600. The molecule has 0 aliphatic carbocycles. The minimum Gasteiger partial charge on any atom is -0.507 e. The van der Waals surface area contributed by atoms with Crippen molar-refractivity contribution in [2.45, 2.75) is 23.6 Å². The second-order valence-corrected chi connectivity index (χ2v) is 10.7. The Morgan fingerprint density at radius 1 is 1.00 bits per heavy atom. The molecule has 0 fully saturated rings. The van der Waals surface area contributed by atoms with E-state index in [-0.39, 0.29) is 45.0 Å². The van der Waals surface area contributed by atoms with Gasteiger partial charge in [-0.1, -0.05) is 18.2 Å². The van der Waals surface area contributed by atoms with Crippen molar-refractivity contribution in [1.82, 2.24) is 0 Å². The van der Waals surface area contributed by atoms with Gasteiger partial charge in [-0.3, -0.25) is 4.79 Å². The molecular weight excluding hydrogens is 517 g/mol. The van der Waals surface area contributed by atoms with Gasteiger partial charge in [0.25, 0.3) is 5.91 Å². The monoisotopic (exact) mass is 542 g/mol. The van der Waals surface area contributed by atoms with Crippen molar-refractivity contribution in [3.8, 4) is 5.75 Å². The van der Waals surface area contributed by atoms with Gasteiger partial charge in [-0.15, -0.1) is 0 Å². The number of carboxylic acids is 1. The van der Waals surface area contributed by atoms with Crippen LogP contribution in [-0.4, -0.2) is 50.3 Å². The number of rotatable bonds is 6. The molecule has 1 amide bonds. The molecule has 190 valence electrons. The zero-order chi connectivity index (χ0) is 27.1. The summed E-state index contributed by atoms with van der Waals surface area (Å²) in [4.78, 5) is 26.3. The number of hydrogen-bond donors (Lipinski definition) is 2. The molecule has 1 heterocycles. The van der Waals surface area contributed by atoms with Crippen LogP contribution >= 0.6 is 0 Å². The maximum absolute atomic E-state index is 13.6. The molecular formula is C27H25N3NaO6S+. The Hall–Kier alpha value is -3.44. The molecule has 0 aromatic heterocycles. The van der Waals surface area contributed by atoms with E-state index in [2.05, 4.69) is 5.10 Å². The predicted octanol–water partition coefficient (Wildman–Crippen LogP) is 1.11. The fraction of sp³-hybridized carbons (Fsp3) is 0.148. The molecule has 0 unspecified atom stereocenters. The second kappa shape index (κ2) is 11.1. The maximum Gasteiger partial charge on any atom is 1.00 e. The van der Waals surface area contributed by atoms with Gasteiger partial charge in [0.1, 0.15) is 11.3 Å². The Morgan fingerprint density at radius 2 is 1.66 bits per heavy atom. The van der Waals surface area contributed by atoms with Crippen molar-refractivity contribution >= 4 is 44.9 Å². The van der Waals surface area contributed by atoms with E-state index in [0.717, 1.165) is 34.5 Å². The Labute approximate surface area is 242 Å². The summed E-state index contributed by atoms with van der Waals surface area (Å²) in [5.41, 5.74) is 2.72. The Morgan fingerprint density at radius 3 is 2.26 bits per heavy atom. The molecule has 3 aromatic rings. The third-order valence-corrected chi connectivity index (χ3v) is 7.72. The first-order chi connectivity index (χ1) is 17.4. The minimum atomic E-state index is -4.29. The van der Waals surface area contributed by atoms with Gasteiger partial charge >= 0.3 is 35.5 Å². The molecule has 2 N–H and O–H groups in total. The Kier molecular flexibility index (Phi) is 8.52. The van der Waals surface area contributed by atoms with Gasteiger partial charge in [-0.2, -0.15) is 10.1 Å². The van der Waals surface area contributed by atoms with Crippen molar-refractivity contribution in [3.63, 3.8) is 0 Å². The van der Waals surface area contributed by atoms with Gasteiger partial charge in [-0.05, 0) is 73.5 Å². The normalized spacial score (nSPS) is 14.3. The van der Waals surface area contributed by atoms with E-state index < -0.39 is 33.0 Å².